The molecule has 0 radical (unpaired) electrons. The van der Waals surface area contributed by atoms with Gasteiger partial charge in [0.2, 0.25) is 5.95 Å². The van der Waals surface area contributed by atoms with Crippen LogP contribution in [-0.2, 0) is 0 Å². The highest BCUT2D eigenvalue weighted by molar-refractivity contribution is 5.41. The summed E-state index contributed by atoms with van der Waals surface area (Å²) in [6, 6.07) is 0. The number of hydrogen-bond acceptors (Lipinski definition) is 5. The fraction of sp³-hybridized carbons (Fsp3) is 0.667. The molecule has 1 saturated carbocycles. The first-order chi connectivity index (χ1) is 8.69. The van der Waals surface area contributed by atoms with Crippen LogP contribution < -0.4 is 10.6 Å². The van der Waals surface area contributed by atoms with Crippen molar-refractivity contribution in [3.63, 3.8) is 0 Å². The first-order valence-corrected chi connectivity index (χ1v) is 6.30. The molecule has 0 atom stereocenters. The number of halogens is 1. The average Bonchev–Trinajstić information content (AvgIpc) is 3.17. The summed E-state index contributed by atoms with van der Waals surface area (Å²) in [5, 5.41) is 15.2. The van der Waals surface area contributed by atoms with Gasteiger partial charge in [-0.15, -0.1) is 0 Å². The van der Waals surface area contributed by atoms with E-state index < -0.39 is 5.82 Å². The van der Waals surface area contributed by atoms with Crippen LogP contribution >= 0.6 is 0 Å². The second kappa shape index (κ2) is 5.48. The topological polar surface area (TPSA) is 70.1 Å². The smallest absolute Gasteiger partial charge is 0.224 e. The van der Waals surface area contributed by atoms with Crippen molar-refractivity contribution in [1.82, 2.24) is 9.97 Å². The molecule has 0 unspecified atom stereocenters. The van der Waals surface area contributed by atoms with Gasteiger partial charge in [0.15, 0.2) is 11.6 Å². The van der Waals surface area contributed by atoms with Gasteiger partial charge in [-0.05, 0) is 19.3 Å². The van der Waals surface area contributed by atoms with Gasteiger partial charge < -0.3 is 15.7 Å². The summed E-state index contributed by atoms with van der Waals surface area (Å²) in [5.74, 6) is 0.156. The van der Waals surface area contributed by atoms with E-state index in [2.05, 4.69) is 20.6 Å². The maximum Gasteiger partial charge on any atom is 0.224 e. The number of nitrogens with one attached hydrogen (secondary N) is 2. The van der Waals surface area contributed by atoms with Crippen LogP contribution in [0.1, 0.15) is 26.2 Å². The lowest BCUT2D eigenvalue weighted by Crippen LogP contribution is -2.20. The first kappa shape index (κ1) is 13.0. The number of aliphatic hydroxyl groups is 1. The normalized spacial score (nSPS) is 16.4. The van der Waals surface area contributed by atoms with Gasteiger partial charge in [0.25, 0.3) is 0 Å². The molecule has 1 aliphatic carbocycles. The summed E-state index contributed by atoms with van der Waals surface area (Å²) in [6.07, 6.45) is 4.07. The van der Waals surface area contributed by atoms with Crippen LogP contribution in [-0.4, -0.2) is 34.8 Å². The van der Waals surface area contributed by atoms with Crippen molar-refractivity contribution >= 4 is 11.8 Å². The molecule has 100 valence electrons. The van der Waals surface area contributed by atoms with Crippen molar-refractivity contribution in [2.75, 3.05) is 30.3 Å². The van der Waals surface area contributed by atoms with Crippen LogP contribution in [0.2, 0.25) is 0 Å². The van der Waals surface area contributed by atoms with E-state index in [1.807, 2.05) is 6.92 Å². The fourth-order valence-electron chi connectivity index (χ4n) is 1.65. The fourth-order valence-corrected chi connectivity index (χ4v) is 1.65. The lowest BCUT2D eigenvalue weighted by atomic mass is 10.1. The van der Waals surface area contributed by atoms with Crippen molar-refractivity contribution < 1.29 is 9.50 Å². The molecule has 2 rings (SSSR count). The second-order valence-electron chi connectivity index (χ2n) is 4.83. The molecule has 0 aliphatic heterocycles. The number of nitrogens with zero attached hydrogens (tertiary/aromatic N) is 2. The predicted molar refractivity (Wildman–Crippen MR) is 68.0 cm³/mol. The standard InChI is InChI=1S/C12H19FN4O/c1-2-5-14-11-15-6-9(13)10(17-11)16-7-12(8-18)3-4-12/h6,18H,2-5,7-8H2,1H3,(H2,14,15,16,17). The molecule has 18 heavy (non-hydrogen) atoms. The van der Waals surface area contributed by atoms with Crippen LogP contribution in [0.25, 0.3) is 0 Å². The summed E-state index contributed by atoms with van der Waals surface area (Å²) < 4.78 is 13.5. The van der Waals surface area contributed by atoms with E-state index in [1.165, 1.54) is 0 Å². The molecule has 0 aromatic carbocycles. The largest absolute Gasteiger partial charge is 0.396 e. The highest BCUT2D eigenvalue weighted by Crippen LogP contribution is 2.44. The first-order valence-electron chi connectivity index (χ1n) is 6.30. The van der Waals surface area contributed by atoms with Crippen molar-refractivity contribution in [3.05, 3.63) is 12.0 Å². The molecule has 0 saturated heterocycles. The Morgan fingerprint density at radius 3 is 2.83 bits per heavy atom. The molecular weight excluding hydrogens is 235 g/mol. The Balaban J connectivity index is 1.97. The Kier molecular flexibility index (Phi) is 3.96. The summed E-state index contributed by atoms with van der Waals surface area (Å²) in [6.45, 7) is 3.47. The molecular formula is C12H19FN4O. The van der Waals surface area contributed by atoms with E-state index in [9.17, 15) is 9.50 Å². The predicted octanol–water partition coefficient (Wildman–Crippen LogP) is 1.62. The monoisotopic (exact) mass is 254 g/mol. The molecule has 1 fully saturated rings. The summed E-state index contributed by atoms with van der Waals surface area (Å²) in [4.78, 5) is 7.96. The van der Waals surface area contributed by atoms with Crippen molar-refractivity contribution in [1.29, 1.82) is 0 Å². The zero-order chi connectivity index (χ0) is 13.0. The highest BCUT2D eigenvalue weighted by Gasteiger charge is 2.41. The quantitative estimate of drug-likeness (QED) is 0.690. The molecule has 1 aliphatic rings. The minimum atomic E-state index is -0.467. The molecule has 5 nitrogen and oxygen atoms in total. The van der Waals surface area contributed by atoms with E-state index in [0.717, 1.165) is 32.0 Å². The summed E-state index contributed by atoms with van der Waals surface area (Å²) in [7, 11) is 0. The number of anilines is 2. The van der Waals surface area contributed by atoms with E-state index >= 15 is 0 Å². The maximum absolute atomic E-state index is 13.5. The van der Waals surface area contributed by atoms with Gasteiger partial charge in [0.1, 0.15) is 0 Å². The summed E-state index contributed by atoms with van der Waals surface area (Å²) >= 11 is 0. The van der Waals surface area contributed by atoms with Crippen LogP contribution in [0.4, 0.5) is 16.2 Å². The average molecular weight is 254 g/mol. The minimum Gasteiger partial charge on any atom is -0.396 e. The van der Waals surface area contributed by atoms with Gasteiger partial charge in [-0.2, -0.15) is 4.98 Å². The molecule has 6 heteroatoms. The van der Waals surface area contributed by atoms with Crippen LogP contribution in [0.5, 0.6) is 0 Å². The Hall–Kier alpha value is -1.43. The van der Waals surface area contributed by atoms with Gasteiger partial charge in [0, 0.05) is 18.5 Å². The van der Waals surface area contributed by atoms with E-state index in [4.69, 9.17) is 0 Å². The molecule has 1 heterocycles. The maximum atomic E-state index is 13.5. The lowest BCUT2D eigenvalue weighted by Gasteiger charge is -2.14. The molecule has 0 spiro atoms. The Bertz CT molecular complexity index is 409. The molecule has 0 amide bonds. The van der Waals surface area contributed by atoms with Crippen molar-refractivity contribution in [2.45, 2.75) is 26.2 Å². The molecule has 3 N–H and O–H groups in total. The van der Waals surface area contributed by atoms with Crippen LogP contribution in [0, 0.1) is 11.2 Å². The Labute approximate surface area is 106 Å². The molecule has 1 aromatic heterocycles. The van der Waals surface area contributed by atoms with Gasteiger partial charge in [-0.1, -0.05) is 6.92 Å². The number of aliphatic hydroxyl groups excluding tert-OH is 1. The minimum absolute atomic E-state index is 0.0750. The lowest BCUT2D eigenvalue weighted by molar-refractivity contribution is 0.219. The number of aromatic nitrogens is 2. The number of hydrogen-bond donors (Lipinski definition) is 3. The zero-order valence-electron chi connectivity index (χ0n) is 10.5. The third kappa shape index (κ3) is 3.07. The third-order valence-electron chi connectivity index (χ3n) is 3.20. The van der Waals surface area contributed by atoms with E-state index in [-0.39, 0.29) is 17.8 Å². The van der Waals surface area contributed by atoms with E-state index in [1.54, 1.807) is 0 Å². The van der Waals surface area contributed by atoms with Gasteiger partial charge in [0.05, 0.1) is 12.8 Å². The van der Waals surface area contributed by atoms with Gasteiger partial charge >= 0.3 is 0 Å². The SMILES string of the molecule is CCCNc1ncc(F)c(NCC2(CO)CC2)n1. The Morgan fingerprint density at radius 1 is 1.44 bits per heavy atom. The molecule has 0 bridgehead atoms. The van der Waals surface area contributed by atoms with Crippen LogP contribution in [0.15, 0.2) is 6.20 Å². The van der Waals surface area contributed by atoms with Gasteiger partial charge in [-0.3, -0.25) is 0 Å². The zero-order valence-corrected chi connectivity index (χ0v) is 10.5. The van der Waals surface area contributed by atoms with Crippen LogP contribution in [0.3, 0.4) is 0 Å². The van der Waals surface area contributed by atoms with E-state index in [0.29, 0.717) is 12.5 Å². The molecule has 1 aromatic rings. The Morgan fingerprint density at radius 2 is 2.22 bits per heavy atom. The highest BCUT2D eigenvalue weighted by atomic mass is 19.1. The number of rotatable bonds is 7. The van der Waals surface area contributed by atoms with Gasteiger partial charge in [-0.25, -0.2) is 9.37 Å². The third-order valence-corrected chi connectivity index (χ3v) is 3.20. The second-order valence-corrected chi connectivity index (χ2v) is 4.83. The summed E-state index contributed by atoms with van der Waals surface area (Å²) in [5.41, 5.74) is -0.0750. The van der Waals surface area contributed by atoms with Crippen molar-refractivity contribution in [3.8, 4) is 0 Å². The van der Waals surface area contributed by atoms with Crippen molar-refractivity contribution in [2.24, 2.45) is 5.41 Å².